The molecule has 0 saturated carbocycles. The topological polar surface area (TPSA) is 49.4 Å². The van der Waals surface area contributed by atoms with Crippen LogP contribution in [0.15, 0.2) is 30.3 Å². The SMILES string of the molecule is O=C1CCN(CCCF)C(=O)C(Cc2ccccc2)N1. The van der Waals surface area contributed by atoms with E-state index in [1.807, 2.05) is 30.3 Å². The molecule has 0 bridgehead atoms. The Labute approximate surface area is 118 Å². The van der Waals surface area contributed by atoms with Crippen molar-refractivity contribution < 1.29 is 14.0 Å². The summed E-state index contributed by atoms with van der Waals surface area (Å²) < 4.78 is 12.3. The highest BCUT2D eigenvalue weighted by Gasteiger charge is 2.29. The van der Waals surface area contributed by atoms with Crippen LogP contribution in [0.25, 0.3) is 0 Å². The first-order valence-electron chi connectivity index (χ1n) is 6.88. The highest BCUT2D eigenvalue weighted by Crippen LogP contribution is 2.10. The summed E-state index contributed by atoms with van der Waals surface area (Å²) in [5.41, 5.74) is 0.999. The summed E-state index contributed by atoms with van der Waals surface area (Å²) in [6.45, 7) is 0.292. The average molecular weight is 278 g/mol. The molecule has 1 aliphatic rings. The fourth-order valence-corrected chi connectivity index (χ4v) is 2.36. The van der Waals surface area contributed by atoms with Crippen LogP contribution in [-0.4, -0.2) is 42.5 Å². The van der Waals surface area contributed by atoms with Crippen molar-refractivity contribution in [2.45, 2.75) is 25.3 Å². The number of nitrogens with one attached hydrogen (secondary N) is 1. The molecule has 0 radical (unpaired) electrons. The Morgan fingerprint density at radius 1 is 1.25 bits per heavy atom. The number of hydrogen-bond donors (Lipinski definition) is 1. The molecule has 1 saturated heterocycles. The van der Waals surface area contributed by atoms with E-state index in [1.165, 1.54) is 0 Å². The molecule has 1 fully saturated rings. The van der Waals surface area contributed by atoms with Crippen LogP contribution < -0.4 is 5.32 Å². The molecule has 1 heterocycles. The van der Waals surface area contributed by atoms with E-state index < -0.39 is 12.7 Å². The maximum atomic E-state index is 12.4. The normalized spacial score (nSPS) is 19.6. The Kier molecular flexibility index (Phi) is 5.09. The molecule has 0 aliphatic carbocycles. The van der Waals surface area contributed by atoms with Crippen molar-refractivity contribution >= 4 is 11.8 Å². The second kappa shape index (κ2) is 7.03. The van der Waals surface area contributed by atoms with Crippen LogP contribution in [0.3, 0.4) is 0 Å². The molecule has 2 rings (SSSR count). The third-order valence-electron chi connectivity index (χ3n) is 3.40. The smallest absolute Gasteiger partial charge is 0.245 e. The number of amides is 2. The van der Waals surface area contributed by atoms with E-state index >= 15 is 0 Å². The van der Waals surface area contributed by atoms with Crippen molar-refractivity contribution in [2.24, 2.45) is 0 Å². The van der Waals surface area contributed by atoms with Gasteiger partial charge in [-0.15, -0.1) is 0 Å². The number of hydrogen-bond acceptors (Lipinski definition) is 2. The molecule has 0 aromatic heterocycles. The largest absolute Gasteiger partial charge is 0.344 e. The van der Waals surface area contributed by atoms with E-state index in [-0.39, 0.29) is 18.2 Å². The fraction of sp³-hybridized carbons (Fsp3) is 0.467. The molecule has 1 atom stereocenters. The number of alkyl halides is 1. The number of nitrogens with zero attached hydrogens (tertiary/aromatic N) is 1. The van der Waals surface area contributed by atoms with Crippen molar-refractivity contribution in [1.82, 2.24) is 10.2 Å². The Bertz CT molecular complexity index is 464. The Morgan fingerprint density at radius 2 is 2.00 bits per heavy atom. The van der Waals surface area contributed by atoms with Gasteiger partial charge in [0.05, 0.1) is 6.67 Å². The number of benzene rings is 1. The van der Waals surface area contributed by atoms with Gasteiger partial charge in [0, 0.05) is 25.9 Å². The lowest BCUT2D eigenvalue weighted by Gasteiger charge is -2.23. The van der Waals surface area contributed by atoms with E-state index in [9.17, 15) is 14.0 Å². The zero-order chi connectivity index (χ0) is 14.4. The van der Waals surface area contributed by atoms with Crippen LogP contribution in [0.1, 0.15) is 18.4 Å². The molecule has 1 N–H and O–H groups in total. The van der Waals surface area contributed by atoms with Gasteiger partial charge in [-0.2, -0.15) is 0 Å². The predicted molar refractivity (Wildman–Crippen MR) is 73.9 cm³/mol. The van der Waals surface area contributed by atoms with Crippen molar-refractivity contribution in [2.75, 3.05) is 19.8 Å². The van der Waals surface area contributed by atoms with E-state index in [2.05, 4.69) is 5.32 Å². The predicted octanol–water partition coefficient (Wildman–Crippen LogP) is 1.31. The molecule has 4 nitrogen and oxygen atoms in total. The molecular formula is C15H19FN2O2. The first-order chi connectivity index (χ1) is 9.70. The summed E-state index contributed by atoms with van der Waals surface area (Å²) in [6, 6.07) is 9.02. The van der Waals surface area contributed by atoms with Crippen LogP contribution in [0.4, 0.5) is 4.39 Å². The van der Waals surface area contributed by atoms with Crippen molar-refractivity contribution in [3.05, 3.63) is 35.9 Å². The van der Waals surface area contributed by atoms with Crippen LogP contribution in [-0.2, 0) is 16.0 Å². The van der Waals surface area contributed by atoms with Crippen LogP contribution in [0, 0.1) is 0 Å². The Morgan fingerprint density at radius 3 is 2.70 bits per heavy atom. The highest BCUT2D eigenvalue weighted by atomic mass is 19.1. The standard InChI is InChI=1S/C15H19FN2O2/c16-8-4-9-18-10-7-14(19)17-13(15(18)20)11-12-5-2-1-3-6-12/h1-3,5-6,13H,4,7-11H2,(H,17,19). The molecule has 108 valence electrons. The number of halogens is 1. The first-order valence-corrected chi connectivity index (χ1v) is 6.88. The molecule has 5 heteroatoms. The monoisotopic (exact) mass is 278 g/mol. The van der Waals surface area contributed by atoms with Crippen LogP contribution in [0.5, 0.6) is 0 Å². The van der Waals surface area contributed by atoms with Gasteiger partial charge in [0.15, 0.2) is 0 Å². The Hall–Kier alpha value is -1.91. The zero-order valence-corrected chi connectivity index (χ0v) is 11.3. The second-order valence-corrected chi connectivity index (χ2v) is 4.93. The molecule has 1 aliphatic heterocycles. The van der Waals surface area contributed by atoms with Gasteiger partial charge in [0.25, 0.3) is 0 Å². The fourth-order valence-electron chi connectivity index (χ4n) is 2.36. The van der Waals surface area contributed by atoms with E-state index in [0.29, 0.717) is 25.9 Å². The molecule has 20 heavy (non-hydrogen) atoms. The zero-order valence-electron chi connectivity index (χ0n) is 11.3. The number of rotatable bonds is 5. The van der Waals surface area contributed by atoms with Crippen LogP contribution >= 0.6 is 0 Å². The summed E-state index contributed by atoms with van der Waals surface area (Å²) in [4.78, 5) is 25.7. The van der Waals surface area contributed by atoms with Gasteiger partial charge < -0.3 is 10.2 Å². The van der Waals surface area contributed by atoms with E-state index in [0.717, 1.165) is 5.56 Å². The molecule has 2 amide bonds. The van der Waals surface area contributed by atoms with Gasteiger partial charge in [-0.1, -0.05) is 30.3 Å². The quantitative estimate of drug-likeness (QED) is 0.882. The van der Waals surface area contributed by atoms with Gasteiger partial charge in [-0.05, 0) is 12.0 Å². The van der Waals surface area contributed by atoms with Crippen LogP contribution in [0.2, 0.25) is 0 Å². The van der Waals surface area contributed by atoms with Crippen molar-refractivity contribution in [3.8, 4) is 0 Å². The minimum atomic E-state index is -0.549. The minimum Gasteiger partial charge on any atom is -0.344 e. The minimum absolute atomic E-state index is 0.117. The molecule has 1 aromatic rings. The first kappa shape index (κ1) is 14.5. The van der Waals surface area contributed by atoms with Crippen molar-refractivity contribution in [3.63, 3.8) is 0 Å². The summed E-state index contributed by atoms with van der Waals surface area (Å²) >= 11 is 0. The number of carbonyl (C=O) groups excluding carboxylic acids is 2. The maximum absolute atomic E-state index is 12.4. The maximum Gasteiger partial charge on any atom is 0.245 e. The lowest BCUT2D eigenvalue weighted by molar-refractivity contribution is -0.133. The third kappa shape index (κ3) is 3.79. The summed E-state index contributed by atoms with van der Waals surface area (Å²) in [5.74, 6) is -0.241. The molecule has 1 unspecified atom stereocenters. The van der Waals surface area contributed by atoms with Gasteiger partial charge >= 0.3 is 0 Å². The summed E-state index contributed by atoms with van der Waals surface area (Å²) in [7, 11) is 0. The van der Waals surface area contributed by atoms with Gasteiger partial charge in [0.1, 0.15) is 6.04 Å². The highest BCUT2D eigenvalue weighted by molar-refractivity contribution is 5.90. The van der Waals surface area contributed by atoms with Gasteiger partial charge in [-0.25, -0.2) is 0 Å². The molecule has 1 aromatic carbocycles. The van der Waals surface area contributed by atoms with Crippen molar-refractivity contribution in [1.29, 1.82) is 0 Å². The lowest BCUT2D eigenvalue weighted by Crippen LogP contribution is -2.46. The molecule has 0 spiro atoms. The summed E-state index contributed by atoms with van der Waals surface area (Å²) in [5, 5.41) is 2.76. The second-order valence-electron chi connectivity index (χ2n) is 4.93. The van der Waals surface area contributed by atoms with E-state index in [1.54, 1.807) is 4.90 Å². The Balaban J connectivity index is 2.08. The van der Waals surface area contributed by atoms with E-state index in [4.69, 9.17) is 0 Å². The van der Waals surface area contributed by atoms with Gasteiger partial charge in [0.2, 0.25) is 11.8 Å². The third-order valence-corrected chi connectivity index (χ3v) is 3.40. The molecular weight excluding hydrogens is 259 g/mol. The van der Waals surface area contributed by atoms with Gasteiger partial charge in [-0.3, -0.25) is 14.0 Å². The average Bonchev–Trinajstić information content (AvgIpc) is 2.59. The lowest BCUT2D eigenvalue weighted by atomic mass is 10.1. The summed E-state index contributed by atoms with van der Waals surface area (Å²) in [6.07, 6.45) is 1.07. The number of carbonyl (C=O) groups is 2.